The lowest BCUT2D eigenvalue weighted by Gasteiger charge is -2.09. The van der Waals surface area contributed by atoms with Crippen LogP contribution in [0.15, 0.2) is 30.9 Å². The molecule has 0 heterocycles. The summed E-state index contributed by atoms with van der Waals surface area (Å²) in [4.78, 5) is 21.7. The van der Waals surface area contributed by atoms with Crippen LogP contribution in [0, 0.1) is 0 Å². The van der Waals surface area contributed by atoms with Gasteiger partial charge in [-0.05, 0) is 12.1 Å². The highest BCUT2D eigenvalue weighted by Gasteiger charge is 2.12. The minimum absolute atomic E-state index is 0.111. The van der Waals surface area contributed by atoms with Gasteiger partial charge in [-0.3, -0.25) is 4.79 Å². The smallest absolute Gasteiger partial charge is 0.335 e. The molecule has 1 aromatic rings. The Morgan fingerprint density at radius 2 is 2.20 bits per heavy atom. The highest BCUT2D eigenvalue weighted by Crippen LogP contribution is 2.29. The molecule has 1 aromatic carbocycles. The first-order valence-electron chi connectivity index (χ1n) is 4.19. The van der Waals surface area contributed by atoms with Crippen molar-refractivity contribution in [3.63, 3.8) is 0 Å². The molecule has 0 bridgehead atoms. The Morgan fingerprint density at radius 1 is 1.47 bits per heavy atom. The molecule has 0 aromatic heterocycles. The number of carbonyl (C=O) groups is 2. The number of rotatable bonds is 4. The van der Waals surface area contributed by atoms with E-state index in [1.54, 1.807) is 12.1 Å². The van der Waals surface area contributed by atoms with E-state index in [1.807, 2.05) is 0 Å². The van der Waals surface area contributed by atoms with E-state index in [1.165, 1.54) is 13.2 Å². The quantitative estimate of drug-likeness (QED) is 0.325. The molecule has 4 heteroatoms. The first kappa shape index (κ1) is 11.0. The molecule has 0 saturated carbocycles. The second-order valence-corrected chi connectivity index (χ2v) is 2.62. The molecule has 4 nitrogen and oxygen atoms in total. The summed E-state index contributed by atoms with van der Waals surface area (Å²) in [6.07, 6.45) is 1.61. The van der Waals surface area contributed by atoms with Crippen molar-refractivity contribution in [3.8, 4) is 11.5 Å². The van der Waals surface area contributed by atoms with Gasteiger partial charge in [0.15, 0.2) is 17.8 Å². The van der Waals surface area contributed by atoms with Gasteiger partial charge in [-0.2, -0.15) is 0 Å². The third kappa shape index (κ3) is 2.43. The first-order chi connectivity index (χ1) is 7.22. The SMILES string of the molecule is C=CC(=O)Oc1c(C=O)cccc1OC. The summed E-state index contributed by atoms with van der Waals surface area (Å²) in [5.74, 6) is -0.197. The van der Waals surface area contributed by atoms with Crippen molar-refractivity contribution >= 4 is 12.3 Å². The van der Waals surface area contributed by atoms with Gasteiger partial charge < -0.3 is 9.47 Å². The van der Waals surface area contributed by atoms with E-state index in [0.717, 1.165) is 6.08 Å². The van der Waals surface area contributed by atoms with Crippen molar-refractivity contribution in [2.75, 3.05) is 7.11 Å². The average molecular weight is 206 g/mol. The van der Waals surface area contributed by atoms with Crippen LogP contribution in [0.2, 0.25) is 0 Å². The van der Waals surface area contributed by atoms with Crippen molar-refractivity contribution in [1.82, 2.24) is 0 Å². The van der Waals surface area contributed by atoms with E-state index in [2.05, 4.69) is 6.58 Å². The topological polar surface area (TPSA) is 52.6 Å². The van der Waals surface area contributed by atoms with Gasteiger partial charge in [0.25, 0.3) is 0 Å². The number of aldehydes is 1. The zero-order valence-electron chi connectivity index (χ0n) is 8.23. The molecule has 0 spiro atoms. The largest absolute Gasteiger partial charge is 0.493 e. The fraction of sp³-hybridized carbons (Fsp3) is 0.0909. The molecule has 0 unspecified atom stereocenters. The standard InChI is InChI=1S/C11H10O4/c1-3-10(13)15-11-8(7-12)5-4-6-9(11)14-2/h3-7H,1H2,2H3. The molecule has 0 N–H and O–H groups in total. The van der Waals surface area contributed by atoms with E-state index in [4.69, 9.17) is 9.47 Å². The molecule has 78 valence electrons. The van der Waals surface area contributed by atoms with Gasteiger partial charge in [-0.15, -0.1) is 0 Å². The average Bonchev–Trinajstić information content (AvgIpc) is 2.29. The number of carbonyl (C=O) groups excluding carboxylic acids is 2. The van der Waals surface area contributed by atoms with Crippen LogP contribution >= 0.6 is 0 Å². The number of ether oxygens (including phenoxy) is 2. The van der Waals surface area contributed by atoms with Crippen LogP contribution < -0.4 is 9.47 Å². The molecule has 0 atom stereocenters. The minimum atomic E-state index is -0.636. The number of esters is 1. The molecule has 0 aliphatic carbocycles. The Kier molecular flexibility index (Phi) is 3.62. The van der Waals surface area contributed by atoms with Crippen LogP contribution in [0.4, 0.5) is 0 Å². The van der Waals surface area contributed by atoms with Crippen LogP contribution in [0.1, 0.15) is 10.4 Å². The normalized spacial score (nSPS) is 9.13. The zero-order valence-corrected chi connectivity index (χ0v) is 8.23. The Balaban J connectivity index is 3.15. The van der Waals surface area contributed by atoms with Crippen molar-refractivity contribution in [2.24, 2.45) is 0 Å². The molecule has 15 heavy (non-hydrogen) atoms. The van der Waals surface area contributed by atoms with Crippen LogP contribution in [0.25, 0.3) is 0 Å². The molecular weight excluding hydrogens is 196 g/mol. The van der Waals surface area contributed by atoms with Crippen molar-refractivity contribution in [2.45, 2.75) is 0 Å². The Labute approximate surface area is 87.1 Å². The second kappa shape index (κ2) is 4.95. The fourth-order valence-corrected chi connectivity index (χ4v) is 1.04. The minimum Gasteiger partial charge on any atom is -0.493 e. The van der Waals surface area contributed by atoms with Crippen LogP contribution in [0.3, 0.4) is 0 Å². The van der Waals surface area contributed by atoms with Crippen molar-refractivity contribution in [3.05, 3.63) is 36.4 Å². The van der Waals surface area contributed by atoms with Gasteiger partial charge in [0, 0.05) is 6.08 Å². The van der Waals surface area contributed by atoms with E-state index in [0.29, 0.717) is 12.0 Å². The number of hydrogen-bond acceptors (Lipinski definition) is 4. The van der Waals surface area contributed by atoms with E-state index >= 15 is 0 Å². The van der Waals surface area contributed by atoms with Crippen LogP contribution in [-0.4, -0.2) is 19.4 Å². The monoisotopic (exact) mass is 206 g/mol. The highest BCUT2D eigenvalue weighted by molar-refractivity contribution is 5.88. The first-order valence-corrected chi connectivity index (χ1v) is 4.19. The predicted octanol–water partition coefficient (Wildman–Crippen LogP) is 1.60. The van der Waals surface area contributed by atoms with E-state index in [-0.39, 0.29) is 11.3 Å². The number of hydrogen-bond donors (Lipinski definition) is 0. The number of para-hydroxylation sites is 1. The summed E-state index contributed by atoms with van der Waals surface area (Å²) < 4.78 is 9.86. The van der Waals surface area contributed by atoms with Crippen molar-refractivity contribution in [1.29, 1.82) is 0 Å². The summed E-state index contributed by atoms with van der Waals surface area (Å²) in [6.45, 7) is 3.26. The maximum Gasteiger partial charge on any atom is 0.335 e. The summed E-state index contributed by atoms with van der Waals surface area (Å²) >= 11 is 0. The lowest BCUT2D eigenvalue weighted by molar-refractivity contribution is -0.129. The van der Waals surface area contributed by atoms with Gasteiger partial charge in [0.1, 0.15) is 0 Å². The molecule has 0 amide bonds. The fourth-order valence-electron chi connectivity index (χ4n) is 1.04. The number of methoxy groups -OCH3 is 1. The number of benzene rings is 1. The summed E-state index contributed by atoms with van der Waals surface area (Å²) in [5, 5.41) is 0. The molecular formula is C11H10O4. The lowest BCUT2D eigenvalue weighted by Crippen LogP contribution is -2.06. The van der Waals surface area contributed by atoms with E-state index in [9.17, 15) is 9.59 Å². The Bertz CT molecular complexity index is 396. The van der Waals surface area contributed by atoms with Gasteiger partial charge in [0.05, 0.1) is 12.7 Å². The lowest BCUT2D eigenvalue weighted by atomic mass is 10.2. The maximum absolute atomic E-state index is 11.0. The Hall–Kier alpha value is -2.10. The molecule has 0 fully saturated rings. The van der Waals surface area contributed by atoms with Crippen molar-refractivity contribution < 1.29 is 19.1 Å². The van der Waals surface area contributed by atoms with Crippen LogP contribution in [0.5, 0.6) is 11.5 Å². The summed E-state index contributed by atoms with van der Waals surface area (Å²) in [7, 11) is 1.43. The third-order valence-electron chi connectivity index (χ3n) is 1.73. The second-order valence-electron chi connectivity index (χ2n) is 2.62. The molecule has 0 radical (unpaired) electrons. The molecule has 0 saturated heterocycles. The molecule has 0 aliphatic heterocycles. The highest BCUT2D eigenvalue weighted by atomic mass is 16.6. The molecule has 1 rings (SSSR count). The van der Waals surface area contributed by atoms with Crippen LogP contribution in [-0.2, 0) is 4.79 Å². The van der Waals surface area contributed by atoms with E-state index < -0.39 is 5.97 Å². The van der Waals surface area contributed by atoms with Gasteiger partial charge in [0.2, 0.25) is 0 Å². The summed E-state index contributed by atoms with van der Waals surface area (Å²) in [5.41, 5.74) is 0.254. The molecule has 0 aliphatic rings. The van der Waals surface area contributed by atoms with Gasteiger partial charge >= 0.3 is 5.97 Å². The third-order valence-corrected chi connectivity index (χ3v) is 1.73. The Morgan fingerprint density at radius 3 is 2.73 bits per heavy atom. The maximum atomic E-state index is 11.0. The predicted molar refractivity (Wildman–Crippen MR) is 54.2 cm³/mol. The zero-order chi connectivity index (χ0) is 11.3. The van der Waals surface area contributed by atoms with Gasteiger partial charge in [-0.1, -0.05) is 12.6 Å². The summed E-state index contributed by atoms with van der Waals surface area (Å²) in [6, 6.07) is 4.76. The van der Waals surface area contributed by atoms with Gasteiger partial charge in [-0.25, -0.2) is 4.79 Å².